The molecule has 0 saturated carbocycles. The predicted molar refractivity (Wildman–Crippen MR) is 139 cm³/mol. The van der Waals surface area contributed by atoms with E-state index in [9.17, 15) is 31.2 Å². The number of sulfonamides is 1. The molecule has 38 heavy (non-hydrogen) atoms. The van der Waals surface area contributed by atoms with Gasteiger partial charge in [-0.2, -0.15) is 13.2 Å². The summed E-state index contributed by atoms with van der Waals surface area (Å²) < 4.78 is 71.2. The van der Waals surface area contributed by atoms with Gasteiger partial charge in [0.25, 0.3) is 0 Å². The van der Waals surface area contributed by atoms with Crippen LogP contribution < -0.4 is 14.4 Å². The van der Waals surface area contributed by atoms with Gasteiger partial charge in [-0.05, 0) is 48.7 Å². The van der Waals surface area contributed by atoms with Crippen LogP contribution in [0.1, 0.15) is 31.9 Å². The summed E-state index contributed by atoms with van der Waals surface area (Å²) in [4.78, 5) is 27.5. The lowest BCUT2D eigenvalue weighted by atomic mass is 10.1. The quantitative estimate of drug-likeness (QED) is 0.429. The summed E-state index contributed by atoms with van der Waals surface area (Å²) in [6.45, 7) is 4.71. The Labute approximate surface area is 225 Å². The average Bonchev–Trinajstić information content (AvgIpc) is 2.83. The third kappa shape index (κ3) is 8.52. The van der Waals surface area contributed by atoms with Crippen LogP contribution >= 0.6 is 11.6 Å². The molecule has 0 heterocycles. The van der Waals surface area contributed by atoms with Gasteiger partial charge in [-0.3, -0.25) is 13.9 Å². The van der Waals surface area contributed by atoms with Crippen LogP contribution in [0.25, 0.3) is 0 Å². The Morgan fingerprint density at radius 3 is 2.32 bits per heavy atom. The minimum atomic E-state index is -4.85. The first-order valence-electron chi connectivity index (χ1n) is 11.6. The van der Waals surface area contributed by atoms with E-state index in [1.807, 2.05) is 13.8 Å². The van der Waals surface area contributed by atoms with Gasteiger partial charge in [0.2, 0.25) is 21.8 Å². The highest BCUT2D eigenvalue weighted by Crippen LogP contribution is 2.37. The van der Waals surface area contributed by atoms with Gasteiger partial charge in [0.15, 0.2) is 0 Å². The van der Waals surface area contributed by atoms with Gasteiger partial charge in [-0.1, -0.05) is 37.6 Å². The summed E-state index contributed by atoms with van der Waals surface area (Å²) >= 11 is 5.68. The number of amides is 2. The van der Waals surface area contributed by atoms with Crippen molar-refractivity contribution in [3.05, 3.63) is 58.6 Å². The number of rotatable bonds is 11. The second kappa shape index (κ2) is 12.7. The molecule has 0 unspecified atom stereocenters. The fraction of sp³-hybridized carbons (Fsp3) is 0.440. The molecule has 0 radical (unpaired) electrons. The number of nitrogens with zero attached hydrogens (tertiary/aromatic N) is 2. The molecule has 0 spiro atoms. The van der Waals surface area contributed by atoms with Crippen molar-refractivity contribution in [1.29, 1.82) is 0 Å². The van der Waals surface area contributed by atoms with E-state index >= 15 is 0 Å². The van der Waals surface area contributed by atoms with Crippen molar-refractivity contribution < 1.29 is 35.9 Å². The first-order chi connectivity index (χ1) is 17.5. The van der Waals surface area contributed by atoms with E-state index in [1.54, 1.807) is 24.3 Å². The second-order valence-electron chi connectivity index (χ2n) is 9.12. The number of halogens is 4. The molecule has 0 aliphatic rings. The van der Waals surface area contributed by atoms with Crippen molar-refractivity contribution in [2.75, 3.05) is 30.8 Å². The smallest absolute Gasteiger partial charge is 0.417 e. The van der Waals surface area contributed by atoms with Gasteiger partial charge in [0.1, 0.15) is 18.3 Å². The maximum atomic E-state index is 13.5. The zero-order valence-electron chi connectivity index (χ0n) is 21.7. The number of hydrogen-bond donors (Lipinski definition) is 1. The highest BCUT2D eigenvalue weighted by atomic mass is 35.5. The summed E-state index contributed by atoms with van der Waals surface area (Å²) in [5, 5.41) is 2.13. The van der Waals surface area contributed by atoms with E-state index in [-0.39, 0.29) is 12.5 Å². The normalized spacial score (nSPS) is 12.7. The van der Waals surface area contributed by atoms with E-state index in [4.69, 9.17) is 16.3 Å². The fourth-order valence-electron chi connectivity index (χ4n) is 3.50. The second-order valence-corrected chi connectivity index (χ2v) is 11.4. The minimum absolute atomic E-state index is 0.0850. The van der Waals surface area contributed by atoms with Crippen molar-refractivity contribution in [1.82, 2.24) is 10.2 Å². The Morgan fingerprint density at radius 2 is 1.76 bits per heavy atom. The lowest BCUT2D eigenvalue weighted by Crippen LogP contribution is -2.51. The van der Waals surface area contributed by atoms with Crippen molar-refractivity contribution in [3.63, 3.8) is 0 Å². The molecule has 2 rings (SSSR count). The summed E-state index contributed by atoms with van der Waals surface area (Å²) in [5.41, 5.74) is -1.04. The van der Waals surface area contributed by atoms with Gasteiger partial charge in [-0.25, -0.2) is 8.42 Å². The monoisotopic (exact) mass is 577 g/mol. The maximum absolute atomic E-state index is 13.5. The van der Waals surface area contributed by atoms with Crippen molar-refractivity contribution in [2.45, 2.75) is 39.5 Å². The first kappa shape index (κ1) is 31.2. The van der Waals surface area contributed by atoms with Crippen LogP contribution in [-0.2, 0) is 32.3 Å². The third-order valence-corrected chi connectivity index (χ3v) is 7.03. The summed E-state index contributed by atoms with van der Waals surface area (Å²) in [6, 6.07) is 8.28. The maximum Gasteiger partial charge on any atom is 0.417 e. The first-order valence-corrected chi connectivity index (χ1v) is 13.8. The standard InChI is InChI=1S/C25H31ClF3N3O5S/c1-16(2)13-30-24(34)17(3)31(14-18-7-6-8-20(11-18)37-4)23(33)15-32(38(5,35)36)19-9-10-22(26)21(12-19)25(27,28)29/h6-12,16-17H,13-15H2,1-5H3,(H,30,34)/t17-/m0/s1. The number of methoxy groups -OCH3 is 1. The zero-order chi connectivity index (χ0) is 28.8. The van der Waals surface area contributed by atoms with Crippen LogP contribution in [0.3, 0.4) is 0 Å². The molecule has 0 fully saturated rings. The molecule has 13 heteroatoms. The molecule has 2 aromatic carbocycles. The van der Waals surface area contributed by atoms with Gasteiger partial charge >= 0.3 is 6.18 Å². The SMILES string of the molecule is COc1cccc(CN(C(=O)CN(c2ccc(Cl)c(C(F)(F)F)c2)S(C)(=O)=O)[C@@H](C)C(=O)NCC(C)C)c1. The number of alkyl halides is 3. The van der Waals surface area contributed by atoms with Crippen LogP contribution in [0.2, 0.25) is 5.02 Å². The van der Waals surface area contributed by atoms with Crippen LogP contribution in [0.15, 0.2) is 42.5 Å². The zero-order valence-corrected chi connectivity index (χ0v) is 23.2. The van der Waals surface area contributed by atoms with Gasteiger partial charge in [-0.15, -0.1) is 0 Å². The molecule has 0 aliphatic carbocycles. The Balaban J connectivity index is 2.47. The molecular weight excluding hydrogens is 547 g/mol. The Hall–Kier alpha value is -2.99. The van der Waals surface area contributed by atoms with E-state index in [0.717, 1.165) is 18.4 Å². The number of anilines is 1. The lowest BCUT2D eigenvalue weighted by Gasteiger charge is -2.32. The van der Waals surface area contributed by atoms with Crippen molar-refractivity contribution in [2.24, 2.45) is 5.92 Å². The summed E-state index contributed by atoms with van der Waals surface area (Å²) in [5.74, 6) is -0.617. The molecule has 2 amide bonds. The highest BCUT2D eigenvalue weighted by molar-refractivity contribution is 7.92. The molecule has 210 valence electrons. The summed E-state index contributed by atoms with van der Waals surface area (Å²) in [6.07, 6.45) is -4.07. The van der Waals surface area contributed by atoms with Gasteiger partial charge in [0, 0.05) is 13.1 Å². The van der Waals surface area contributed by atoms with Crippen LogP contribution in [-0.4, -0.2) is 57.6 Å². The number of hydrogen-bond acceptors (Lipinski definition) is 5. The topological polar surface area (TPSA) is 96.0 Å². The molecule has 8 nitrogen and oxygen atoms in total. The predicted octanol–water partition coefficient (Wildman–Crippen LogP) is 4.32. The lowest BCUT2D eigenvalue weighted by molar-refractivity contribution is -0.139. The number of nitrogens with one attached hydrogen (secondary N) is 1. The number of carbonyl (C=O) groups excluding carboxylic acids is 2. The molecule has 1 atom stereocenters. The Kier molecular flexibility index (Phi) is 10.4. The Morgan fingerprint density at radius 1 is 1.11 bits per heavy atom. The molecule has 1 N–H and O–H groups in total. The van der Waals surface area contributed by atoms with Crippen LogP contribution in [0, 0.1) is 5.92 Å². The van der Waals surface area contributed by atoms with Crippen molar-refractivity contribution in [3.8, 4) is 5.75 Å². The largest absolute Gasteiger partial charge is 0.497 e. The molecule has 2 aromatic rings. The van der Waals surface area contributed by atoms with E-state index in [0.29, 0.717) is 28.2 Å². The average molecular weight is 578 g/mol. The van der Waals surface area contributed by atoms with Crippen LogP contribution in [0.5, 0.6) is 5.75 Å². The molecule has 0 aliphatic heterocycles. The molecular formula is C25H31ClF3N3O5S. The number of ether oxygens (including phenoxy) is 1. The molecule has 0 aromatic heterocycles. The third-order valence-electron chi connectivity index (χ3n) is 5.56. The summed E-state index contributed by atoms with van der Waals surface area (Å²) in [7, 11) is -2.75. The minimum Gasteiger partial charge on any atom is -0.497 e. The van der Waals surface area contributed by atoms with E-state index in [2.05, 4.69) is 5.32 Å². The fourth-order valence-corrected chi connectivity index (χ4v) is 4.57. The highest BCUT2D eigenvalue weighted by Gasteiger charge is 2.35. The van der Waals surface area contributed by atoms with Crippen LogP contribution in [0.4, 0.5) is 18.9 Å². The van der Waals surface area contributed by atoms with Crippen molar-refractivity contribution >= 4 is 39.1 Å². The van der Waals surface area contributed by atoms with E-state index < -0.39 is 56.9 Å². The Bertz CT molecular complexity index is 1260. The number of benzene rings is 2. The van der Waals surface area contributed by atoms with Gasteiger partial charge in [0.05, 0.1) is 29.6 Å². The molecule has 0 saturated heterocycles. The number of carbonyl (C=O) groups is 2. The van der Waals surface area contributed by atoms with E-state index in [1.165, 1.54) is 18.9 Å². The molecule has 0 bridgehead atoms. The van der Waals surface area contributed by atoms with Gasteiger partial charge < -0.3 is 15.0 Å².